The van der Waals surface area contributed by atoms with E-state index >= 15 is 0 Å². The lowest BCUT2D eigenvalue weighted by Crippen LogP contribution is -2.18. The summed E-state index contributed by atoms with van der Waals surface area (Å²) in [5, 5.41) is 0. The van der Waals surface area contributed by atoms with E-state index in [1.807, 2.05) is 0 Å². The third-order valence-corrected chi connectivity index (χ3v) is 4.81. The van der Waals surface area contributed by atoms with Crippen molar-refractivity contribution in [2.24, 2.45) is 0 Å². The molecule has 0 heterocycles. The van der Waals surface area contributed by atoms with Gasteiger partial charge in [0.05, 0.1) is 0 Å². The molecule has 2 heteroatoms. The zero-order valence-corrected chi connectivity index (χ0v) is 8.13. The summed E-state index contributed by atoms with van der Waals surface area (Å²) in [5.41, 5.74) is 0.838. The van der Waals surface area contributed by atoms with Crippen LogP contribution in [0.2, 0.25) is 12.1 Å². The molecular weight excluding hydrogens is 128 g/mol. The van der Waals surface area contributed by atoms with E-state index in [2.05, 4.69) is 27.3 Å². The van der Waals surface area contributed by atoms with E-state index in [1.54, 1.807) is 0 Å². The van der Waals surface area contributed by atoms with Crippen molar-refractivity contribution in [1.29, 1.82) is 0 Å². The van der Waals surface area contributed by atoms with Gasteiger partial charge in [-0.2, -0.15) is 0 Å². The Bertz CT molecular complexity index is 65.9. The van der Waals surface area contributed by atoms with Crippen molar-refractivity contribution >= 4 is 9.04 Å². The maximum atomic E-state index is 5.53. The largest absolute Gasteiger partial charge is 0.420 e. The molecule has 0 aliphatic heterocycles. The van der Waals surface area contributed by atoms with Crippen LogP contribution in [0.4, 0.5) is 0 Å². The van der Waals surface area contributed by atoms with Gasteiger partial charge in [0.25, 0.3) is 0 Å². The highest BCUT2D eigenvalue weighted by molar-refractivity contribution is 6.51. The molecule has 2 atom stereocenters. The Kier molecular flexibility index (Phi) is 5.10. The minimum Gasteiger partial charge on any atom is -0.420 e. The molecular formula is C7H18OSi. The Morgan fingerprint density at radius 3 is 2.33 bits per heavy atom. The maximum Gasteiger partial charge on any atom is 0.176 e. The van der Waals surface area contributed by atoms with Crippen molar-refractivity contribution in [3.8, 4) is 0 Å². The average molecular weight is 146 g/mol. The zero-order valence-electron chi connectivity index (χ0n) is 6.98. The highest BCUT2D eigenvalue weighted by Crippen LogP contribution is 2.13. The third-order valence-electron chi connectivity index (χ3n) is 1.87. The van der Waals surface area contributed by atoms with E-state index in [1.165, 1.54) is 6.42 Å². The molecule has 56 valence electrons. The molecule has 0 amide bonds. The molecule has 0 saturated carbocycles. The topological polar surface area (TPSA) is 9.23 Å². The summed E-state index contributed by atoms with van der Waals surface area (Å²) in [5.74, 6) is 0. The molecule has 0 N–H and O–H groups in total. The fourth-order valence-corrected chi connectivity index (χ4v) is 2.28. The van der Waals surface area contributed by atoms with Gasteiger partial charge in [-0.25, -0.2) is 0 Å². The van der Waals surface area contributed by atoms with Gasteiger partial charge in [0, 0.05) is 6.61 Å². The molecule has 0 aliphatic carbocycles. The lowest BCUT2D eigenvalue weighted by atomic mass is 10.4. The molecule has 0 saturated heterocycles. The minimum atomic E-state index is -0.796. The summed E-state index contributed by atoms with van der Waals surface area (Å²) >= 11 is 0. The first-order valence-electron chi connectivity index (χ1n) is 3.83. The monoisotopic (exact) mass is 146 g/mol. The average Bonchev–Trinajstić information content (AvgIpc) is 1.87. The Morgan fingerprint density at radius 1 is 1.44 bits per heavy atom. The highest BCUT2D eigenvalue weighted by atomic mass is 28.3. The Labute approximate surface area is 60.1 Å². The van der Waals surface area contributed by atoms with Gasteiger partial charge in [-0.3, -0.25) is 0 Å². The molecule has 0 bridgehead atoms. The normalized spacial score (nSPS) is 17.3. The number of hydrogen-bond acceptors (Lipinski definition) is 1. The van der Waals surface area contributed by atoms with Crippen molar-refractivity contribution in [2.45, 2.75) is 39.3 Å². The molecule has 0 fully saturated rings. The van der Waals surface area contributed by atoms with Gasteiger partial charge in [-0.05, 0) is 19.0 Å². The smallest absolute Gasteiger partial charge is 0.176 e. The van der Waals surface area contributed by atoms with Crippen LogP contribution in [0.15, 0.2) is 0 Å². The van der Waals surface area contributed by atoms with Crippen LogP contribution >= 0.6 is 0 Å². The van der Waals surface area contributed by atoms with Gasteiger partial charge in [-0.15, -0.1) is 0 Å². The zero-order chi connectivity index (χ0) is 7.28. The van der Waals surface area contributed by atoms with Crippen LogP contribution in [0.25, 0.3) is 0 Å². The lowest BCUT2D eigenvalue weighted by Gasteiger charge is -2.15. The molecule has 0 aromatic carbocycles. The second-order valence-corrected chi connectivity index (χ2v) is 5.43. The molecule has 0 aliphatic rings. The minimum absolute atomic E-state index is 0.796. The predicted molar refractivity (Wildman–Crippen MR) is 44.4 cm³/mol. The predicted octanol–water partition coefficient (Wildman–Crippen LogP) is 2.18. The molecule has 0 spiro atoms. The second-order valence-electron chi connectivity index (χ2n) is 2.55. The van der Waals surface area contributed by atoms with Crippen molar-refractivity contribution < 1.29 is 4.43 Å². The quantitative estimate of drug-likeness (QED) is 0.552. The summed E-state index contributed by atoms with van der Waals surface area (Å²) in [4.78, 5) is 0. The molecule has 1 nitrogen and oxygen atoms in total. The molecule has 2 unspecified atom stereocenters. The Balaban J connectivity index is 3.32. The van der Waals surface area contributed by atoms with Crippen LogP contribution in [0, 0.1) is 0 Å². The van der Waals surface area contributed by atoms with E-state index in [4.69, 9.17) is 4.43 Å². The van der Waals surface area contributed by atoms with E-state index in [9.17, 15) is 0 Å². The van der Waals surface area contributed by atoms with E-state index in [0.29, 0.717) is 0 Å². The molecule has 0 rings (SSSR count). The van der Waals surface area contributed by atoms with Gasteiger partial charge >= 0.3 is 0 Å². The van der Waals surface area contributed by atoms with Crippen LogP contribution < -0.4 is 0 Å². The molecule has 0 aromatic heterocycles. The van der Waals surface area contributed by atoms with Crippen molar-refractivity contribution in [3.05, 3.63) is 0 Å². The lowest BCUT2D eigenvalue weighted by molar-refractivity contribution is 0.337. The van der Waals surface area contributed by atoms with Crippen LogP contribution in [0.1, 0.15) is 27.2 Å². The first-order chi connectivity index (χ1) is 4.22. The maximum absolute atomic E-state index is 5.53. The van der Waals surface area contributed by atoms with Crippen molar-refractivity contribution in [2.75, 3.05) is 6.61 Å². The fourth-order valence-electron chi connectivity index (χ4n) is 0.759. The van der Waals surface area contributed by atoms with Gasteiger partial charge in [0.1, 0.15) is 0 Å². The van der Waals surface area contributed by atoms with Gasteiger partial charge in [-0.1, -0.05) is 20.3 Å². The van der Waals surface area contributed by atoms with Crippen LogP contribution in [0.5, 0.6) is 0 Å². The van der Waals surface area contributed by atoms with Gasteiger partial charge < -0.3 is 4.43 Å². The van der Waals surface area contributed by atoms with Crippen molar-refractivity contribution in [3.63, 3.8) is 0 Å². The summed E-state index contributed by atoms with van der Waals surface area (Å²) < 4.78 is 5.53. The summed E-state index contributed by atoms with van der Waals surface area (Å²) in [6.45, 7) is 9.76. The second kappa shape index (κ2) is 5.00. The van der Waals surface area contributed by atoms with E-state index in [0.717, 1.165) is 12.1 Å². The first-order valence-corrected chi connectivity index (χ1v) is 6.13. The van der Waals surface area contributed by atoms with Gasteiger partial charge in [0.15, 0.2) is 9.04 Å². The van der Waals surface area contributed by atoms with Crippen LogP contribution in [-0.2, 0) is 4.43 Å². The summed E-state index contributed by atoms with van der Waals surface area (Å²) in [6, 6.07) is 0. The summed E-state index contributed by atoms with van der Waals surface area (Å²) in [7, 11) is -0.796. The Morgan fingerprint density at radius 2 is 2.00 bits per heavy atom. The van der Waals surface area contributed by atoms with Crippen LogP contribution in [-0.4, -0.2) is 15.6 Å². The van der Waals surface area contributed by atoms with E-state index in [-0.39, 0.29) is 0 Å². The standard InChI is InChI=1S/C7H18OSi/c1-5-7(3)9(4)8-6-2/h7,9H,5-6H2,1-4H3. The highest BCUT2D eigenvalue weighted by Gasteiger charge is 2.10. The third kappa shape index (κ3) is 3.70. The van der Waals surface area contributed by atoms with Crippen LogP contribution in [0.3, 0.4) is 0 Å². The SMILES string of the molecule is CCO[SiH](C)C(C)CC. The van der Waals surface area contributed by atoms with E-state index < -0.39 is 9.04 Å². The van der Waals surface area contributed by atoms with Crippen molar-refractivity contribution in [1.82, 2.24) is 0 Å². The summed E-state index contributed by atoms with van der Waals surface area (Å²) in [6.07, 6.45) is 1.27. The first kappa shape index (κ1) is 9.18. The van der Waals surface area contributed by atoms with Gasteiger partial charge in [0.2, 0.25) is 0 Å². The molecule has 0 radical (unpaired) electrons. The molecule has 9 heavy (non-hydrogen) atoms. The molecule has 0 aromatic rings. The number of hydrogen-bond donors (Lipinski definition) is 0. The Hall–Kier alpha value is 0.177. The fraction of sp³-hybridized carbons (Fsp3) is 1.00. The number of rotatable bonds is 4.